The lowest BCUT2D eigenvalue weighted by Gasteiger charge is -2.09. The topological polar surface area (TPSA) is 73.9 Å². The van der Waals surface area contributed by atoms with E-state index in [0.29, 0.717) is 5.56 Å². The molecule has 0 saturated carbocycles. The monoisotopic (exact) mass is 290 g/mol. The summed E-state index contributed by atoms with van der Waals surface area (Å²) in [6.07, 6.45) is -4.73. The number of nitrogen functional groups attached to an aromatic ring is 1. The fraction of sp³-hybridized carbons (Fsp3) is 0.100. The van der Waals surface area contributed by atoms with Gasteiger partial charge in [0.15, 0.2) is 5.82 Å². The summed E-state index contributed by atoms with van der Waals surface area (Å²) >= 11 is 5.60. The first-order valence-corrected chi connectivity index (χ1v) is 5.24. The van der Waals surface area contributed by atoms with Gasteiger partial charge in [0.2, 0.25) is 11.2 Å². The van der Waals surface area contributed by atoms with Crippen LogP contribution >= 0.6 is 11.6 Å². The summed E-state index contributed by atoms with van der Waals surface area (Å²) in [5, 5.41) is -0.0990. The zero-order valence-corrected chi connectivity index (χ0v) is 9.90. The zero-order chi connectivity index (χ0) is 14.0. The van der Waals surface area contributed by atoms with Crippen molar-refractivity contribution in [1.82, 2.24) is 15.0 Å². The number of nitrogens with zero attached hydrogens (tertiary/aromatic N) is 3. The maximum atomic E-state index is 12.0. The van der Waals surface area contributed by atoms with Gasteiger partial charge in [0, 0.05) is 5.56 Å². The van der Waals surface area contributed by atoms with Crippen LogP contribution in [0.1, 0.15) is 0 Å². The van der Waals surface area contributed by atoms with Crippen molar-refractivity contribution in [3.63, 3.8) is 0 Å². The van der Waals surface area contributed by atoms with Crippen molar-refractivity contribution in [1.29, 1.82) is 0 Å². The fourth-order valence-corrected chi connectivity index (χ4v) is 1.47. The molecule has 0 aliphatic carbocycles. The first-order chi connectivity index (χ1) is 8.83. The summed E-state index contributed by atoms with van der Waals surface area (Å²) in [6, 6.07) is 4.98. The number of hydrogen-bond acceptors (Lipinski definition) is 5. The second kappa shape index (κ2) is 4.88. The molecular formula is C10H6ClF3N4O. The molecule has 2 aromatic rings. The van der Waals surface area contributed by atoms with Gasteiger partial charge < -0.3 is 10.5 Å². The molecule has 0 radical (unpaired) electrons. The maximum Gasteiger partial charge on any atom is 0.573 e. The summed E-state index contributed by atoms with van der Waals surface area (Å²) in [7, 11) is 0. The highest BCUT2D eigenvalue weighted by atomic mass is 35.5. The smallest absolute Gasteiger partial charge is 0.406 e. The molecule has 0 aliphatic heterocycles. The summed E-state index contributed by atoms with van der Waals surface area (Å²) in [4.78, 5) is 11.2. The van der Waals surface area contributed by atoms with Crippen LogP contribution in [-0.2, 0) is 0 Å². The molecule has 0 aliphatic rings. The largest absolute Gasteiger partial charge is 0.573 e. The van der Waals surface area contributed by atoms with Crippen LogP contribution in [0.15, 0.2) is 24.3 Å². The van der Waals surface area contributed by atoms with Crippen LogP contribution in [0.2, 0.25) is 5.28 Å². The lowest BCUT2D eigenvalue weighted by molar-refractivity contribution is -0.274. The van der Waals surface area contributed by atoms with E-state index in [1.54, 1.807) is 0 Å². The van der Waals surface area contributed by atoms with Crippen molar-refractivity contribution < 1.29 is 17.9 Å². The molecule has 19 heavy (non-hydrogen) atoms. The molecule has 0 bridgehead atoms. The summed E-state index contributed by atoms with van der Waals surface area (Å²) in [5.74, 6) is -0.258. The van der Waals surface area contributed by atoms with E-state index in [9.17, 15) is 13.2 Å². The Kier molecular flexibility index (Phi) is 3.43. The van der Waals surface area contributed by atoms with Gasteiger partial charge >= 0.3 is 6.36 Å². The molecule has 1 aromatic heterocycles. The van der Waals surface area contributed by atoms with Gasteiger partial charge in [-0.3, -0.25) is 0 Å². The first-order valence-electron chi connectivity index (χ1n) is 4.87. The number of benzene rings is 1. The predicted octanol–water partition coefficient (Wildman–Crippen LogP) is 2.67. The van der Waals surface area contributed by atoms with Crippen LogP contribution in [0.5, 0.6) is 5.75 Å². The van der Waals surface area contributed by atoms with Crippen LogP contribution in [-0.4, -0.2) is 21.3 Å². The van der Waals surface area contributed by atoms with Crippen molar-refractivity contribution >= 4 is 17.5 Å². The minimum Gasteiger partial charge on any atom is -0.406 e. The number of nitrogens with two attached hydrogens (primary N) is 1. The van der Waals surface area contributed by atoms with Gasteiger partial charge in [-0.25, -0.2) is 0 Å². The Morgan fingerprint density at radius 3 is 2.21 bits per heavy atom. The van der Waals surface area contributed by atoms with Crippen LogP contribution in [0.4, 0.5) is 19.1 Å². The van der Waals surface area contributed by atoms with Crippen LogP contribution in [0.3, 0.4) is 0 Å². The molecule has 0 fully saturated rings. The summed E-state index contributed by atoms with van der Waals surface area (Å²) in [5.41, 5.74) is 5.83. The van der Waals surface area contributed by atoms with Gasteiger partial charge in [-0.05, 0) is 35.9 Å². The van der Waals surface area contributed by atoms with Crippen molar-refractivity contribution in [3.05, 3.63) is 29.5 Å². The first kappa shape index (κ1) is 13.3. The van der Waals surface area contributed by atoms with Crippen molar-refractivity contribution in [2.45, 2.75) is 6.36 Å². The Morgan fingerprint density at radius 2 is 1.68 bits per heavy atom. The number of aromatic nitrogens is 3. The molecule has 2 rings (SSSR count). The SMILES string of the molecule is Nc1nc(Cl)nc(-c2ccc(OC(F)(F)F)cc2)n1. The standard InChI is InChI=1S/C10H6ClF3N4O/c11-8-16-7(17-9(15)18-8)5-1-3-6(4-2-5)19-10(12,13)14/h1-4H,(H2,15,16,17,18). The molecule has 2 N–H and O–H groups in total. The Morgan fingerprint density at radius 1 is 1.05 bits per heavy atom. The third-order valence-electron chi connectivity index (χ3n) is 1.97. The number of ether oxygens (including phenoxy) is 1. The van der Waals surface area contributed by atoms with E-state index in [4.69, 9.17) is 17.3 Å². The molecule has 100 valence electrons. The van der Waals surface area contributed by atoms with Gasteiger partial charge in [-0.1, -0.05) is 0 Å². The Labute approximate surface area is 110 Å². The third-order valence-corrected chi connectivity index (χ3v) is 2.14. The Hall–Kier alpha value is -2.09. The van der Waals surface area contributed by atoms with Gasteiger partial charge in [0.1, 0.15) is 5.75 Å². The van der Waals surface area contributed by atoms with Crippen molar-refractivity contribution in [3.8, 4) is 17.1 Å². The molecule has 0 spiro atoms. The van der Waals surface area contributed by atoms with Gasteiger partial charge in [0.25, 0.3) is 0 Å². The minimum atomic E-state index is -4.73. The van der Waals surface area contributed by atoms with Gasteiger partial charge in [-0.2, -0.15) is 15.0 Å². The second-order valence-corrected chi connectivity index (χ2v) is 3.70. The van der Waals surface area contributed by atoms with Crippen molar-refractivity contribution in [2.75, 3.05) is 5.73 Å². The molecule has 9 heteroatoms. The van der Waals surface area contributed by atoms with E-state index in [0.717, 1.165) is 12.1 Å². The summed E-state index contributed by atoms with van der Waals surface area (Å²) < 4.78 is 39.7. The molecule has 0 unspecified atom stereocenters. The number of anilines is 1. The Balaban J connectivity index is 2.27. The number of hydrogen-bond donors (Lipinski definition) is 1. The van der Waals surface area contributed by atoms with Crippen molar-refractivity contribution in [2.24, 2.45) is 0 Å². The Bertz CT molecular complexity index is 568. The van der Waals surface area contributed by atoms with E-state index in [2.05, 4.69) is 19.7 Å². The highest BCUT2D eigenvalue weighted by Gasteiger charge is 2.30. The predicted molar refractivity (Wildman–Crippen MR) is 61.4 cm³/mol. The number of halogens is 4. The van der Waals surface area contributed by atoms with E-state index in [-0.39, 0.29) is 22.8 Å². The average Bonchev–Trinajstić information content (AvgIpc) is 2.26. The quantitative estimate of drug-likeness (QED) is 0.920. The summed E-state index contributed by atoms with van der Waals surface area (Å²) in [6.45, 7) is 0. The molecule has 0 saturated heterocycles. The fourth-order valence-electron chi connectivity index (χ4n) is 1.30. The minimum absolute atomic E-state index is 0.0781. The third kappa shape index (κ3) is 3.68. The number of rotatable bonds is 2. The van der Waals surface area contributed by atoms with E-state index < -0.39 is 6.36 Å². The average molecular weight is 291 g/mol. The van der Waals surface area contributed by atoms with Crippen LogP contribution < -0.4 is 10.5 Å². The lowest BCUT2D eigenvalue weighted by atomic mass is 10.2. The lowest BCUT2D eigenvalue weighted by Crippen LogP contribution is -2.16. The van der Waals surface area contributed by atoms with Crippen LogP contribution in [0, 0.1) is 0 Å². The van der Waals surface area contributed by atoms with E-state index in [1.807, 2.05) is 0 Å². The number of alkyl halides is 3. The zero-order valence-electron chi connectivity index (χ0n) is 9.15. The van der Waals surface area contributed by atoms with Crippen LogP contribution in [0.25, 0.3) is 11.4 Å². The van der Waals surface area contributed by atoms with E-state index >= 15 is 0 Å². The molecule has 0 atom stereocenters. The highest BCUT2D eigenvalue weighted by molar-refractivity contribution is 6.28. The van der Waals surface area contributed by atoms with Gasteiger partial charge in [0.05, 0.1) is 0 Å². The maximum absolute atomic E-state index is 12.0. The second-order valence-electron chi connectivity index (χ2n) is 3.36. The molecule has 1 aromatic carbocycles. The molecule has 0 amide bonds. The molecular weight excluding hydrogens is 285 g/mol. The highest BCUT2D eigenvalue weighted by Crippen LogP contribution is 2.25. The van der Waals surface area contributed by atoms with E-state index in [1.165, 1.54) is 12.1 Å². The molecule has 1 heterocycles. The normalized spacial score (nSPS) is 11.4. The molecule has 5 nitrogen and oxygen atoms in total. The van der Waals surface area contributed by atoms with Gasteiger partial charge in [-0.15, -0.1) is 13.2 Å².